The van der Waals surface area contributed by atoms with E-state index in [4.69, 9.17) is 23.2 Å². The molecule has 2 nitrogen and oxygen atoms in total. The van der Waals surface area contributed by atoms with Crippen LogP contribution in [0.2, 0.25) is 10.0 Å². The molecule has 1 fully saturated rings. The van der Waals surface area contributed by atoms with E-state index < -0.39 is 0 Å². The third kappa shape index (κ3) is 2.89. The van der Waals surface area contributed by atoms with E-state index >= 15 is 0 Å². The molecule has 0 aromatic heterocycles. The molecule has 0 saturated heterocycles. The summed E-state index contributed by atoms with van der Waals surface area (Å²) in [7, 11) is 0. The number of carbonyl (C=O) groups excluding carboxylic acids is 1. The predicted octanol–water partition coefficient (Wildman–Crippen LogP) is 4.12. The lowest BCUT2D eigenvalue weighted by molar-refractivity contribution is -0.117. The van der Waals surface area contributed by atoms with E-state index in [2.05, 4.69) is 5.32 Å². The minimum Gasteiger partial charge on any atom is -0.325 e. The third-order valence-electron chi connectivity index (χ3n) is 2.90. The van der Waals surface area contributed by atoms with Gasteiger partial charge in [-0.15, -0.1) is 0 Å². The molecule has 0 unspecified atom stereocenters. The van der Waals surface area contributed by atoms with Gasteiger partial charge in [0.2, 0.25) is 5.91 Å². The molecule has 4 heteroatoms. The largest absolute Gasteiger partial charge is 0.325 e. The molecule has 0 heterocycles. The summed E-state index contributed by atoms with van der Waals surface area (Å²) in [5.41, 5.74) is 0.635. The van der Waals surface area contributed by atoms with Gasteiger partial charge in [-0.1, -0.05) is 29.6 Å². The van der Waals surface area contributed by atoms with Crippen LogP contribution in [0.3, 0.4) is 0 Å². The van der Waals surface area contributed by atoms with E-state index in [-0.39, 0.29) is 5.91 Å². The van der Waals surface area contributed by atoms with Gasteiger partial charge in [-0.25, -0.2) is 0 Å². The van der Waals surface area contributed by atoms with E-state index in [1.165, 1.54) is 19.3 Å². The average Bonchev–Trinajstić information content (AvgIpc) is 2.16. The van der Waals surface area contributed by atoms with Gasteiger partial charge in [0.05, 0.1) is 10.7 Å². The van der Waals surface area contributed by atoms with Crippen molar-refractivity contribution in [3.8, 4) is 0 Å². The zero-order valence-corrected chi connectivity index (χ0v) is 10.3. The summed E-state index contributed by atoms with van der Waals surface area (Å²) in [4.78, 5) is 11.7. The number of rotatable bonds is 3. The molecule has 0 spiro atoms. The highest BCUT2D eigenvalue weighted by molar-refractivity contribution is 6.36. The summed E-state index contributed by atoms with van der Waals surface area (Å²) in [6, 6.07) is 5.07. The lowest BCUT2D eigenvalue weighted by Gasteiger charge is -2.24. The van der Waals surface area contributed by atoms with Crippen molar-refractivity contribution in [2.24, 2.45) is 5.92 Å². The summed E-state index contributed by atoms with van der Waals surface area (Å²) in [5.74, 6) is 0.597. The molecule has 0 radical (unpaired) electrons. The molecule has 1 aromatic rings. The van der Waals surface area contributed by atoms with E-state index in [1.807, 2.05) is 0 Å². The Balaban J connectivity index is 1.94. The number of anilines is 1. The number of carbonyl (C=O) groups is 1. The Kier molecular flexibility index (Phi) is 3.72. The maximum absolute atomic E-state index is 11.7. The monoisotopic (exact) mass is 257 g/mol. The Hall–Kier alpha value is -0.730. The molecule has 1 aliphatic carbocycles. The first kappa shape index (κ1) is 11.7. The maximum atomic E-state index is 11.7. The van der Waals surface area contributed by atoms with Crippen LogP contribution in [-0.2, 0) is 4.79 Å². The van der Waals surface area contributed by atoms with Crippen LogP contribution in [-0.4, -0.2) is 5.91 Å². The molecular formula is C12H13Cl2NO. The molecule has 1 aliphatic rings. The number of hydrogen-bond donors (Lipinski definition) is 1. The van der Waals surface area contributed by atoms with Crippen molar-refractivity contribution in [3.63, 3.8) is 0 Å². The maximum Gasteiger partial charge on any atom is 0.224 e. The summed E-state index contributed by atoms with van der Waals surface area (Å²) >= 11 is 11.7. The zero-order valence-electron chi connectivity index (χ0n) is 8.80. The van der Waals surface area contributed by atoms with Gasteiger partial charge in [-0.3, -0.25) is 4.79 Å². The fourth-order valence-corrected chi connectivity index (χ4v) is 2.21. The van der Waals surface area contributed by atoms with Crippen LogP contribution in [0.1, 0.15) is 25.7 Å². The lowest BCUT2D eigenvalue weighted by atomic mass is 9.83. The third-order valence-corrected chi connectivity index (χ3v) is 3.45. The lowest BCUT2D eigenvalue weighted by Crippen LogP contribution is -2.20. The van der Waals surface area contributed by atoms with Gasteiger partial charge in [0.1, 0.15) is 0 Å². The molecular weight excluding hydrogens is 245 g/mol. The van der Waals surface area contributed by atoms with Crippen LogP contribution in [0.25, 0.3) is 0 Å². The first-order chi connectivity index (χ1) is 7.65. The van der Waals surface area contributed by atoms with Crippen molar-refractivity contribution in [1.29, 1.82) is 0 Å². The summed E-state index contributed by atoms with van der Waals surface area (Å²) in [6.45, 7) is 0. The first-order valence-electron chi connectivity index (χ1n) is 5.40. The number of amides is 1. The smallest absolute Gasteiger partial charge is 0.224 e. The second kappa shape index (κ2) is 5.07. The van der Waals surface area contributed by atoms with E-state index in [0.29, 0.717) is 28.1 Å². The van der Waals surface area contributed by atoms with Crippen molar-refractivity contribution < 1.29 is 4.79 Å². The molecule has 1 aromatic carbocycles. The molecule has 1 N–H and O–H groups in total. The van der Waals surface area contributed by atoms with E-state index in [9.17, 15) is 4.79 Å². The standard InChI is InChI=1S/C12H13Cl2NO/c13-9-4-5-11(10(14)7-9)15-12(16)6-8-2-1-3-8/h4-5,7-8H,1-3,6H2,(H,15,16). The summed E-state index contributed by atoms with van der Waals surface area (Å²) < 4.78 is 0. The topological polar surface area (TPSA) is 29.1 Å². The minimum absolute atomic E-state index is 0.0360. The average molecular weight is 258 g/mol. The Labute approximate surface area is 105 Å². The number of halogens is 2. The summed E-state index contributed by atoms with van der Waals surface area (Å²) in [5, 5.41) is 3.86. The Morgan fingerprint density at radius 2 is 2.12 bits per heavy atom. The zero-order chi connectivity index (χ0) is 11.5. The Bertz CT molecular complexity index is 402. The van der Waals surface area contributed by atoms with Gasteiger partial charge in [0, 0.05) is 11.4 Å². The van der Waals surface area contributed by atoms with Gasteiger partial charge in [-0.2, -0.15) is 0 Å². The molecule has 2 rings (SSSR count). The van der Waals surface area contributed by atoms with Crippen LogP contribution >= 0.6 is 23.2 Å². The van der Waals surface area contributed by atoms with Crippen LogP contribution in [0.5, 0.6) is 0 Å². The molecule has 0 aliphatic heterocycles. The van der Waals surface area contributed by atoms with Gasteiger partial charge < -0.3 is 5.32 Å². The first-order valence-corrected chi connectivity index (χ1v) is 6.15. The van der Waals surface area contributed by atoms with Gasteiger partial charge in [-0.05, 0) is 37.0 Å². The van der Waals surface area contributed by atoms with Gasteiger partial charge in [0.15, 0.2) is 0 Å². The quantitative estimate of drug-likeness (QED) is 0.867. The predicted molar refractivity (Wildman–Crippen MR) is 67.0 cm³/mol. The van der Waals surface area contributed by atoms with Crippen LogP contribution in [0.15, 0.2) is 18.2 Å². The molecule has 1 saturated carbocycles. The highest BCUT2D eigenvalue weighted by Crippen LogP contribution is 2.30. The van der Waals surface area contributed by atoms with E-state index in [0.717, 1.165) is 0 Å². The molecule has 86 valence electrons. The SMILES string of the molecule is O=C(CC1CCC1)Nc1ccc(Cl)cc1Cl. The number of benzene rings is 1. The fraction of sp³-hybridized carbons (Fsp3) is 0.417. The van der Waals surface area contributed by atoms with Crippen molar-refractivity contribution in [3.05, 3.63) is 28.2 Å². The highest BCUT2D eigenvalue weighted by atomic mass is 35.5. The normalized spacial score (nSPS) is 15.6. The van der Waals surface area contributed by atoms with Crippen LogP contribution < -0.4 is 5.32 Å². The van der Waals surface area contributed by atoms with Crippen LogP contribution in [0.4, 0.5) is 5.69 Å². The van der Waals surface area contributed by atoms with Crippen molar-refractivity contribution in [2.75, 3.05) is 5.32 Å². The summed E-state index contributed by atoms with van der Waals surface area (Å²) in [6.07, 6.45) is 4.18. The number of hydrogen-bond acceptors (Lipinski definition) is 1. The van der Waals surface area contributed by atoms with Crippen molar-refractivity contribution >= 4 is 34.8 Å². The molecule has 16 heavy (non-hydrogen) atoms. The molecule has 0 atom stereocenters. The Morgan fingerprint density at radius 1 is 1.38 bits per heavy atom. The second-order valence-electron chi connectivity index (χ2n) is 4.17. The van der Waals surface area contributed by atoms with Crippen LogP contribution in [0, 0.1) is 5.92 Å². The molecule has 1 amide bonds. The minimum atomic E-state index is 0.0360. The van der Waals surface area contributed by atoms with Crippen molar-refractivity contribution in [1.82, 2.24) is 0 Å². The van der Waals surface area contributed by atoms with Gasteiger partial charge in [0.25, 0.3) is 0 Å². The second-order valence-corrected chi connectivity index (χ2v) is 5.02. The Morgan fingerprint density at radius 3 is 2.69 bits per heavy atom. The van der Waals surface area contributed by atoms with Gasteiger partial charge >= 0.3 is 0 Å². The highest BCUT2D eigenvalue weighted by Gasteiger charge is 2.20. The number of nitrogens with one attached hydrogen (secondary N) is 1. The molecule has 0 bridgehead atoms. The fourth-order valence-electron chi connectivity index (χ4n) is 1.75. The van der Waals surface area contributed by atoms with Crippen molar-refractivity contribution in [2.45, 2.75) is 25.7 Å². The van der Waals surface area contributed by atoms with E-state index in [1.54, 1.807) is 18.2 Å².